The van der Waals surface area contributed by atoms with Crippen LogP contribution >= 0.6 is 0 Å². The first-order valence-corrected chi connectivity index (χ1v) is 9.38. The number of carbonyl (C=O) groups is 1. The number of carbonyl (C=O) groups excluding carboxylic acids is 1. The zero-order valence-corrected chi connectivity index (χ0v) is 14.2. The zero-order valence-electron chi connectivity index (χ0n) is 13.4. The van der Waals surface area contributed by atoms with Crippen LogP contribution in [0.3, 0.4) is 0 Å². The van der Waals surface area contributed by atoms with Crippen LogP contribution in [-0.2, 0) is 14.6 Å². The Hall–Kier alpha value is -2.60. The number of rotatable bonds is 4. The molecule has 2 aromatic carbocycles. The molecular weight excluding hydrogens is 326 g/mol. The number of fused-ring (bicyclic) bond motifs is 1. The minimum atomic E-state index is -3.29. The van der Waals surface area contributed by atoms with Crippen LogP contribution in [-0.4, -0.2) is 32.2 Å². The second kappa shape index (κ2) is 6.13. The third-order valence-corrected chi connectivity index (χ3v) is 4.83. The SMILES string of the molecule is CCOC(=O)c1cc2cccc(-c3cccc(S(C)(=O)=O)c3)c2[nH]1. The molecule has 124 valence electrons. The standard InChI is InChI=1S/C18H17NO4S/c1-3-23-18(20)16-11-13-7-5-9-15(17(13)19-16)12-6-4-8-14(10-12)24(2,21)22/h4-11,19H,3H2,1-2H3. The number of nitrogens with one attached hydrogen (secondary N) is 1. The topological polar surface area (TPSA) is 76.2 Å². The van der Waals surface area contributed by atoms with Gasteiger partial charge in [-0.05, 0) is 30.7 Å². The van der Waals surface area contributed by atoms with Gasteiger partial charge in [0, 0.05) is 17.2 Å². The Morgan fingerprint density at radius 1 is 1.12 bits per heavy atom. The van der Waals surface area contributed by atoms with Gasteiger partial charge in [0.25, 0.3) is 0 Å². The molecular formula is C18H17NO4S. The summed E-state index contributed by atoms with van der Waals surface area (Å²) in [5.41, 5.74) is 2.74. The van der Waals surface area contributed by atoms with Crippen LogP contribution in [0, 0.1) is 0 Å². The normalized spacial score (nSPS) is 11.6. The predicted molar refractivity (Wildman–Crippen MR) is 92.8 cm³/mol. The number of hydrogen-bond donors (Lipinski definition) is 1. The molecule has 0 unspecified atom stereocenters. The molecule has 0 aliphatic rings. The molecule has 0 amide bonds. The van der Waals surface area contributed by atoms with Crippen LogP contribution in [0.15, 0.2) is 53.4 Å². The number of aromatic nitrogens is 1. The second-order valence-corrected chi connectivity index (χ2v) is 7.49. The van der Waals surface area contributed by atoms with Gasteiger partial charge >= 0.3 is 5.97 Å². The summed E-state index contributed by atoms with van der Waals surface area (Å²) in [6.07, 6.45) is 1.18. The molecule has 3 aromatic rings. The summed E-state index contributed by atoms with van der Waals surface area (Å²) in [6, 6.07) is 14.1. The third kappa shape index (κ3) is 3.05. The lowest BCUT2D eigenvalue weighted by Gasteiger charge is -2.06. The van der Waals surface area contributed by atoms with Gasteiger partial charge in [-0.15, -0.1) is 0 Å². The Morgan fingerprint density at radius 3 is 2.58 bits per heavy atom. The first-order chi connectivity index (χ1) is 11.4. The average molecular weight is 343 g/mol. The number of hydrogen-bond acceptors (Lipinski definition) is 4. The van der Waals surface area contributed by atoms with Crippen molar-refractivity contribution in [2.24, 2.45) is 0 Å². The summed E-state index contributed by atoms with van der Waals surface area (Å²) in [4.78, 5) is 15.3. The fourth-order valence-corrected chi connectivity index (χ4v) is 3.28. The lowest BCUT2D eigenvalue weighted by atomic mass is 10.0. The summed E-state index contributed by atoms with van der Waals surface area (Å²) >= 11 is 0. The van der Waals surface area contributed by atoms with Gasteiger partial charge in [-0.1, -0.05) is 30.3 Å². The number of ether oxygens (including phenoxy) is 1. The van der Waals surface area contributed by atoms with E-state index >= 15 is 0 Å². The van der Waals surface area contributed by atoms with E-state index in [9.17, 15) is 13.2 Å². The molecule has 0 atom stereocenters. The summed E-state index contributed by atoms with van der Waals surface area (Å²) < 4.78 is 28.6. The van der Waals surface area contributed by atoms with Crippen molar-refractivity contribution in [3.63, 3.8) is 0 Å². The largest absolute Gasteiger partial charge is 0.461 e. The zero-order chi connectivity index (χ0) is 17.3. The minimum absolute atomic E-state index is 0.258. The highest BCUT2D eigenvalue weighted by Crippen LogP contribution is 2.30. The Bertz CT molecular complexity index is 1020. The van der Waals surface area contributed by atoms with Gasteiger partial charge in [-0.25, -0.2) is 13.2 Å². The second-order valence-electron chi connectivity index (χ2n) is 5.47. The van der Waals surface area contributed by atoms with Gasteiger partial charge in [0.2, 0.25) is 0 Å². The first kappa shape index (κ1) is 16.3. The van der Waals surface area contributed by atoms with Crippen molar-refractivity contribution in [1.29, 1.82) is 0 Å². The molecule has 0 aliphatic carbocycles. The monoisotopic (exact) mass is 343 g/mol. The maximum absolute atomic E-state index is 11.9. The smallest absolute Gasteiger partial charge is 0.354 e. The number of H-pyrrole nitrogens is 1. The van der Waals surface area contributed by atoms with E-state index < -0.39 is 15.8 Å². The quantitative estimate of drug-likeness (QED) is 0.737. The molecule has 0 saturated carbocycles. The van der Waals surface area contributed by atoms with Crippen molar-refractivity contribution in [1.82, 2.24) is 4.98 Å². The molecule has 24 heavy (non-hydrogen) atoms. The van der Waals surface area contributed by atoms with E-state index in [0.717, 1.165) is 22.0 Å². The van der Waals surface area contributed by atoms with Crippen molar-refractivity contribution in [3.8, 4) is 11.1 Å². The van der Waals surface area contributed by atoms with Gasteiger partial charge in [0.05, 0.1) is 17.0 Å². The van der Waals surface area contributed by atoms with Crippen LogP contribution in [0.2, 0.25) is 0 Å². The lowest BCUT2D eigenvalue weighted by molar-refractivity contribution is 0.0520. The van der Waals surface area contributed by atoms with Crippen molar-refractivity contribution in [2.45, 2.75) is 11.8 Å². The maximum atomic E-state index is 11.9. The van der Waals surface area contributed by atoms with Crippen LogP contribution in [0.1, 0.15) is 17.4 Å². The highest BCUT2D eigenvalue weighted by atomic mass is 32.2. The molecule has 1 heterocycles. The Kier molecular flexibility index (Phi) is 4.15. The van der Waals surface area contributed by atoms with Gasteiger partial charge in [0.15, 0.2) is 9.84 Å². The van der Waals surface area contributed by atoms with Gasteiger partial charge in [0.1, 0.15) is 5.69 Å². The molecule has 1 N–H and O–H groups in total. The van der Waals surface area contributed by atoms with Gasteiger partial charge < -0.3 is 9.72 Å². The Balaban J connectivity index is 2.15. The van der Waals surface area contributed by atoms with E-state index in [-0.39, 0.29) is 4.90 Å². The third-order valence-electron chi connectivity index (χ3n) is 3.72. The number of aromatic amines is 1. The van der Waals surface area contributed by atoms with Crippen LogP contribution in [0.25, 0.3) is 22.0 Å². The first-order valence-electron chi connectivity index (χ1n) is 7.49. The summed E-state index contributed by atoms with van der Waals surface area (Å²) in [7, 11) is -3.29. The molecule has 1 aromatic heterocycles. The Morgan fingerprint density at radius 2 is 1.88 bits per heavy atom. The molecule has 0 bridgehead atoms. The highest BCUT2D eigenvalue weighted by Gasteiger charge is 2.14. The molecule has 0 spiro atoms. The van der Waals surface area contributed by atoms with Gasteiger partial charge in [-0.2, -0.15) is 0 Å². The van der Waals surface area contributed by atoms with Crippen molar-refractivity contribution in [2.75, 3.05) is 12.9 Å². The lowest BCUT2D eigenvalue weighted by Crippen LogP contribution is -2.04. The predicted octanol–water partition coefficient (Wildman–Crippen LogP) is 3.42. The van der Waals surface area contributed by atoms with Gasteiger partial charge in [-0.3, -0.25) is 0 Å². The molecule has 5 nitrogen and oxygen atoms in total. The van der Waals surface area contributed by atoms with Crippen LogP contribution in [0.5, 0.6) is 0 Å². The van der Waals surface area contributed by atoms with Crippen molar-refractivity contribution >= 4 is 26.7 Å². The summed E-state index contributed by atoms with van der Waals surface area (Å²) in [6.45, 7) is 2.06. The molecule has 0 radical (unpaired) electrons. The van der Waals surface area contributed by atoms with Crippen LogP contribution in [0.4, 0.5) is 0 Å². The van der Waals surface area contributed by atoms with E-state index in [0.29, 0.717) is 12.3 Å². The summed E-state index contributed by atoms with van der Waals surface area (Å²) in [5.74, 6) is -0.412. The number of esters is 1. The maximum Gasteiger partial charge on any atom is 0.354 e. The summed E-state index contributed by atoms with van der Waals surface area (Å²) in [5, 5.41) is 0.861. The molecule has 6 heteroatoms. The number of sulfone groups is 1. The fraction of sp³-hybridized carbons (Fsp3) is 0.167. The van der Waals surface area contributed by atoms with E-state index in [2.05, 4.69) is 4.98 Å². The van der Waals surface area contributed by atoms with Crippen molar-refractivity contribution in [3.05, 3.63) is 54.2 Å². The molecule has 3 rings (SSSR count). The van der Waals surface area contributed by atoms with E-state index in [1.807, 2.05) is 24.3 Å². The van der Waals surface area contributed by atoms with E-state index in [4.69, 9.17) is 4.74 Å². The van der Waals surface area contributed by atoms with E-state index in [1.165, 1.54) is 6.26 Å². The molecule has 0 fully saturated rings. The number of para-hydroxylation sites is 1. The molecule has 0 saturated heterocycles. The Labute approximate surface area is 140 Å². The highest BCUT2D eigenvalue weighted by molar-refractivity contribution is 7.90. The van der Waals surface area contributed by atoms with E-state index in [1.54, 1.807) is 31.2 Å². The minimum Gasteiger partial charge on any atom is -0.461 e. The average Bonchev–Trinajstić information content (AvgIpc) is 2.98. The molecule has 0 aliphatic heterocycles. The van der Waals surface area contributed by atoms with Crippen molar-refractivity contribution < 1.29 is 17.9 Å². The fourth-order valence-electron chi connectivity index (χ4n) is 2.61. The van der Waals surface area contributed by atoms with Crippen LogP contribution < -0.4 is 0 Å². The number of benzene rings is 2.